The van der Waals surface area contributed by atoms with Gasteiger partial charge < -0.3 is 9.88 Å². The molecule has 1 heterocycles. The third kappa shape index (κ3) is 2.77. The molecule has 3 rings (SSSR count). The fourth-order valence-corrected chi connectivity index (χ4v) is 3.63. The Bertz CT molecular complexity index is 712. The van der Waals surface area contributed by atoms with Crippen LogP contribution < -0.4 is 5.32 Å². The fourth-order valence-electron chi connectivity index (χ4n) is 3.63. The number of amides is 1. The maximum Gasteiger partial charge on any atom is 0.240 e. The number of aromatic nitrogens is 1. The van der Waals surface area contributed by atoms with Crippen LogP contribution in [0.3, 0.4) is 0 Å². The Balaban J connectivity index is 2.07. The van der Waals surface area contributed by atoms with Crippen molar-refractivity contribution in [3.05, 3.63) is 35.0 Å². The average Bonchev–Trinajstić information content (AvgIpc) is 2.71. The molecule has 1 amide bonds. The minimum Gasteiger partial charge on any atom is -0.352 e. The highest BCUT2D eigenvalue weighted by Crippen LogP contribution is 2.34. The van der Waals surface area contributed by atoms with Gasteiger partial charge in [0, 0.05) is 22.6 Å². The lowest BCUT2D eigenvalue weighted by Gasteiger charge is -2.21. The van der Waals surface area contributed by atoms with Crippen LogP contribution in [0, 0.1) is 12.8 Å². The van der Waals surface area contributed by atoms with Gasteiger partial charge in [-0.1, -0.05) is 18.6 Å². The van der Waals surface area contributed by atoms with Crippen molar-refractivity contribution in [2.75, 3.05) is 0 Å². The summed E-state index contributed by atoms with van der Waals surface area (Å²) in [6.45, 7) is 8.91. The second-order valence-electron chi connectivity index (χ2n) is 7.10. The summed E-state index contributed by atoms with van der Waals surface area (Å²) in [4.78, 5) is 12.2. The number of hydrogen-bond acceptors (Lipinski definition) is 1. The molecule has 1 aromatic heterocycles. The van der Waals surface area contributed by atoms with E-state index in [0.29, 0.717) is 6.54 Å². The van der Waals surface area contributed by atoms with Crippen LogP contribution in [0.15, 0.2) is 18.2 Å². The van der Waals surface area contributed by atoms with E-state index in [0.717, 1.165) is 18.8 Å². The molecule has 0 saturated carbocycles. The van der Waals surface area contributed by atoms with Crippen LogP contribution in [0.4, 0.5) is 0 Å². The number of hydrogen-bond donors (Lipinski definition) is 1. The zero-order valence-electron chi connectivity index (χ0n) is 14.1. The molecular weight excluding hydrogens is 272 g/mol. The highest BCUT2D eigenvalue weighted by atomic mass is 16.2. The van der Waals surface area contributed by atoms with E-state index in [9.17, 15) is 4.79 Å². The normalized spacial score (nSPS) is 17.8. The first-order valence-corrected chi connectivity index (χ1v) is 8.35. The van der Waals surface area contributed by atoms with E-state index in [1.54, 1.807) is 0 Å². The number of nitrogens with zero attached hydrogens (tertiary/aromatic N) is 1. The summed E-state index contributed by atoms with van der Waals surface area (Å²) >= 11 is 0. The summed E-state index contributed by atoms with van der Waals surface area (Å²) in [5.74, 6) is 0.838. The minimum absolute atomic E-state index is 0.105. The molecule has 1 unspecified atom stereocenters. The van der Waals surface area contributed by atoms with Crippen LogP contribution in [-0.2, 0) is 24.2 Å². The minimum atomic E-state index is 0.105. The summed E-state index contributed by atoms with van der Waals surface area (Å²) in [6, 6.07) is 6.79. The van der Waals surface area contributed by atoms with Gasteiger partial charge in [-0.2, -0.15) is 0 Å². The first kappa shape index (κ1) is 15.1. The average molecular weight is 298 g/mol. The Morgan fingerprint density at radius 2 is 2.18 bits per heavy atom. The molecule has 0 saturated heterocycles. The summed E-state index contributed by atoms with van der Waals surface area (Å²) in [6.07, 6.45) is 3.43. The van der Waals surface area contributed by atoms with E-state index in [1.807, 2.05) is 13.8 Å². The highest BCUT2D eigenvalue weighted by molar-refractivity contribution is 5.88. The van der Waals surface area contributed by atoms with Crippen LogP contribution in [0.2, 0.25) is 0 Å². The predicted molar refractivity (Wildman–Crippen MR) is 91.1 cm³/mol. The monoisotopic (exact) mass is 298 g/mol. The van der Waals surface area contributed by atoms with Crippen molar-refractivity contribution in [2.24, 2.45) is 5.92 Å². The topological polar surface area (TPSA) is 34.0 Å². The summed E-state index contributed by atoms with van der Waals surface area (Å²) < 4.78 is 2.24. The summed E-state index contributed by atoms with van der Waals surface area (Å²) in [5, 5.41) is 4.36. The fraction of sp³-hybridized carbons (Fsp3) is 0.526. The van der Waals surface area contributed by atoms with Gasteiger partial charge in [-0.25, -0.2) is 0 Å². The highest BCUT2D eigenvalue weighted by Gasteiger charge is 2.24. The van der Waals surface area contributed by atoms with Gasteiger partial charge in [0.1, 0.15) is 6.54 Å². The lowest BCUT2D eigenvalue weighted by molar-refractivity contribution is -0.122. The summed E-state index contributed by atoms with van der Waals surface area (Å²) in [5.41, 5.74) is 5.34. The molecule has 0 spiro atoms. The first-order chi connectivity index (χ1) is 10.5. The smallest absolute Gasteiger partial charge is 0.240 e. The molecule has 0 radical (unpaired) electrons. The number of fused-ring (bicyclic) bond motifs is 3. The first-order valence-electron chi connectivity index (χ1n) is 8.35. The third-order valence-corrected chi connectivity index (χ3v) is 4.62. The molecule has 3 nitrogen and oxygen atoms in total. The van der Waals surface area contributed by atoms with Crippen LogP contribution in [0.1, 0.15) is 44.0 Å². The molecule has 1 aromatic carbocycles. The molecule has 3 heteroatoms. The molecule has 118 valence electrons. The maximum absolute atomic E-state index is 12.2. The molecule has 0 bridgehead atoms. The van der Waals surface area contributed by atoms with Crippen molar-refractivity contribution < 1.29 is 4.79 Å². The number of benzene rings is 1. The molecule has 2 aromatic rings. The maximum atomic E-state index is 12.2. The number of carbonyl (C=O) groups is 1. The molecule has 22 heavy (non-hydrogen) atoms. The second-order valence-corrected chi connectivity index (χ2v) is 7.10. The number of carbonyl (C=O) groups excluding carboxylic acids is 1. The van der Waals surface area contributed by atoms with E-state index in [4.69, 9.17) is 0 Å². The van der Waals surface area contributed by atoms with Gasteiger partial charge in [0.15, 0.2) is 0 Å². The van der Waals surface area contributed by atoms with Gasteiger partial charge >= 0.3 is 0 Å². The number of aryl methyl sites for hydroxylation is 1. The lowest BCUT2D eigenvalue weighted by atomic mass is 9.87. The Morgan fingerprint density at radius 3 is 2.91 bits per heavy atom. The Labute approximate surface area is 132 Å². The second kappa shape index (κ2) is 5.79. The van der Waals surface area contributed by atoms with Crippen molar-refractivity contribution in [1.82, 2.24) is 9.88 Å². The van der Waals surface area contributed by atoms with E-state index in [-0.39, 0.29) is 11.9 Å². The van der Waals surface area contributed by atoms with E-state index in [2.05, 4.69) is 41.9 Å². The standard InChI is InChI=1S/C19H26N2O/c1-12(2)20-19(22)11-21-17-7-5-13(3)9-15(17)16-10-14(4)6-8-18(16)21/h5,7,9,12,14H,6,8,10-11H2,1-4H3,(H,20,22). The largest absolute Gasteiger partial charge is 0.352 e. The van der Waals surface area contributed by atoms with Crippen LogP contribution in [-0.4, -0.2) is 16.5 Å². The van der Waals surface area contributed by atoms with Gasteiger partial charge in [-0.3, -0.25) is 4.79 Å². The van der Waals surface area contributed by atoms with Crippen LogP contribution >= 0.6 is 0 Å². The Hall–Kier alpha value is -1.77. The molecule has 0 aliphatic heterocycles. The Morgan fingerprint density at radius 1 is 1.41 bits per heavy atom. The SMILES string of the molecule is Cc1ccc2c(c1)c1c(n2CC(=O)NC(C)C)CCC(C)C1. The van der Waals surface area contributed by atoms with Crippen molar-refractivity contribution in [1.29, 1.82) is 0 Å². The van der Waals surface area contributed by atoms with Gasteiger partial charge in [0.05, 0.1) is 0 Å². The van der Waals surface area contributed by atoms with Gasteiger partial charge in [0.2, 0.25) is 5.91 Å². The molecule has 1 aliphatic rings. The number of nitrogens with one attached hydrogen (secondary N) is 1. The van der Waals surface area contributed by atoms with Gasteiger partial charge in [-0.05, 0) is 63.6 Å². The van der Waals surface area contributed by atoms with Crippen molar-refractivity contribution in [3.8, 4) is 0 Å². The molecule has 0 fully saturated rings. The van der Waals surface area contributed by atoms with Crippen molar-refractivity contribution in [2.45, 2.75) is 59.5 Å². The molecular formula is C19H26N2O. The predicted octanol–water partition coefficient (Wildman–Crippen LogP) is 3.60. The Kier molecular flexibility index (Phi) is 3.98. The molecule has 1 aliphatic carbocycles. The van der Waals surface area contributed by atoms with Crippen LogP contribution in [0.25, 0.3) is 10.9 Å². The zero-order chi connectivity index (χ0) is 15.9. The van der Waals surface area contributed by atoms with E-state index >= 15 is 0 Å². The van der Waals surface area contributed by atoms with E-state index < -0.39 is 0 Å². The van der Waals surface area contributed by atoms with Crippen molar-refractivity contribution >= 4 is 16.8 Å². The zero-order valence-corrected chi connectivity index (χ0v) is 14.1. The quantitative estimate of drug-likeness (QED) is 0.923. The summed E-state index contributed by atoms with van der Waals surface area (Å²) in [7, 11) is 0. The van der Waals surface area contributed by atoms with Crippen molar-refractivity contribution in [3.63, 3.8) is 0 Å². The van der Waals surface area contributed by atoms with Gasteiger partial charge in [0.25, 0.3) is 0 Å². The number of rotatable bonds is 3. The van der Waals surface area contributed by atoms with Crippen LogP contribution in [0.5, 0.6) is 0 Å². The van der Waals surface area contributed by atoms with E-state index in [1.165, 1.54) is 34.1 Å². The lowest BCUT2D eigenvalue weighted by Crippen LogP contribution is -2.33. The molecule has 1 N–H and O–H groups in total. The third-order valence-electron chi connectivity index (χ3n) is 4.62. The molecule has 1 atom stereocenters. The van der Waals surface area contributed by atoms with Gasteiger partial charge in [-0.15, -0.1) is 0 Å².